The molecule has 0 fully saturated rings. The van der Waals surface area contributed by atoms with E-state index in [1.807, 2.05) is 41.8 Å². The standard InChI is InChI=1S/C22H22FN5S/c1-14(2)12-28-21(16-8-4-5-9-17(16)23)26-27-22(28)29-13-20-15(3)24-18-10-6-7-11-19(18)25-20/h4-11,14H,12-13H2,1-3H3. The predicted octanol–water partition coefficient (Wildman–Crippen LogP) is 5.28. The molecular weight excluding hydrogens is 385 g/mol. The highest BCUT2D eigenvalue weighted by molar-refractivity contribution is 7.98. The molecule has 0 radical (unpaired) electrons. The van der Waals surface area contributed by atoms with E-state index in [2.05, 4.69) is 29.0 Å². The third-order valence-corrected chi connectivity index (χ3v) is 5.54. The van der Waals surface area contributed by atoms with Gasteiger partial charge in [0.1, 0.15) is 5.82 Å². The number of halogens is 1. The number of nitrogens with zero attached hydrogens (tertiary/aromatic N) is 5. The second kappa shape index (κ2) is 8.29. The molecule has 7 heteroatoms. The minimum atomic E-state index is -0.294. The molecule has 29 heavy (non-hydrogen) atoms. The summed E-state index contributed by atoms with van der Waals surface area (Å²) in [6.07, 6.45) is 0. The van der Waals surface area contributed by atoms with Crippen molar-refractivity contribution in [3.63, 3.8) is 0 Å². The maximum Gasteiger partial charge on any atom is 0.191 e. The number of fused-ring (bicyclic) bond motifs is 1. The number of para-hydroxylation sites is 2. The van der Waals surface area contributed by atoms with E-state index < -0.39 is 0 Å². The average Bonchev–Trinajstić information content (AvgIpc) is 3.08. The third-order valence-electron chi connectivity index (χ3n) is 4.56. The molecule has 0 N–H and O–H groups in total. The molecule has 0 aliphatic rings. The van der Waals surface area contributed by atoms with Crippen LogP contribution >= 0.6 is 11.8 Å². The highest BCUT2D eigenvalue weighted by atomic mass is 32.2. The molecule has 4 rings (SSSR count). The van der Waals surface area contributed by atoms with Gasteiger partial charge in [-0.25, -0.2) is 14.4 Å². The lowest BCUT2D eigenvalue weighted by molar-refractivity contribution is 0.496. The quantitative estimate of drug-likeness (QED) is 0.407. The van der Waals surface area contributed by atoms with Crippen molar-refractivity contribution < 1.29 is 4.39 Å². The Morgan fingerprint density at radius 2 is 1.66 bits per heavy atom. The molecule has 0 spiro atoms. The van der Waals surface area contributed by atoms with Gasteiger partial charge in [0.15, 0.2) is 11.0 Å². The van der Waals surface area contributed by atoms with Crippen molar-refractivity contribution in [1.82, 2.24) is 24.7 Å². The molecule has 0 aliphatic carbocycles. The molecule has 0 saturated carbocycles. The summed E-state index contributed by atoms with van der Waals surface area (Å²) in [5.41, 5.74) is 4.06. The highest BCUT2D eigenvalue weighted by Crippen LogP contribution is 2.29. The van der Waals surface area contributed by atoms with Crippen molar-refractivity contribution in [3.05, 3.63) is 65.7 Å². The fraction of sp³-hybridized carbons (Fsp3) is 0.273. The summed E-state index contributed by atoms with van der Waals surface area (Å²) < 4.78 is 16.3. The SMILES string of the molecule is Cc1nc2ccccc2nc1CSc1nnc(-c2ccccc2F)n1CC(C)C. The summed E-state index contributed by atoms with van der Waals surface area (Å²) in [6, 6.07) is 14.5. The number of benzene rings is 2. The molecule has 2 aromatic carbocycles. The van der Waals surface area contributed by atoms with Crippen LogP contribution in [0.3, 0.4) is 0 Å². The predicted molar refractivity (Wildman–Crippen MR) is 114 cm³/mol. The summed E-state index contributed by atoms with van der Waals surface area (Å²) in [6.45, 7) is 6.93. The van der Waals surface area contributed by atoms with Gasteiger partial charge in [-0.3, -0.25) is 0 Å². The van der Waals surface area contributed by atoms with Gasteiger partial charge in [-0.05, 0) is 37.1 Å². The zero-order valence-corrected chi connectivity index (χ0v) is 17.4. The van der Waals surface area contributed by atoms with Crippen LogP contribution in [0.2, 0.25) is 0 Å². The zero-order chi connectivity index (χ0) is 20.4. The fourth-order valence-electron chi connectivity index (χ4n) is 3.16. The van der Waals surface area contributed by atoms with E-state index in [0.717, 1.165) is 27.6 Å². The zero-order valence-electron chi connectivity index (χ0n) is 16.6. The van der Waals surface area contributed by atoms with Crippen LogP contribution < -0.4 is 0 Å². The number of rotatable bonds is 6. The lowest BCUT2D eigenvalue weighted by Crippen LogP contribution is -2.08. The monoisotopic (exact) mass is 407 g/mol. The first-order valence-corrected chi connectivity index (χ1v) is 10.5. The molecule has 2 aromatic heterocycles. The normalized spacial score (nSPS) is 11.5. The van der Waals surface area contributed by atoms with Crippen LogP contribution in [0.15, 0.2) is 53.7 Å². The summed E-state index contributed by atoms with van der Waals surface area (Å²) in [5, 5.41) is 9.41. The second-order valence-corrected chi connectivity index (χ2v) is 8.27. The van der Waals surface area contributed by atoms with Crippen molar-refractivity contribution in [1.29, 1.82) is 0 Å². The molecule has 0 saturated heterocycles. The van der Waals surface area contributed by atoms with Gasteiger partial charge >= 0.3 is 0 Å². The largest absolute Gasteiger partial charge is 0.302 e. The fourth-order valence-corrected chi connectivity index (χ4v) is 4.12. The summed E-state index contributed by atoms with van der Waals surface area (Å²) in [7, 11) is 0. The van der Waals surface area contributed by atoms with Crippen molar-refractivity contribution in [2.24, 2.45) is 5.92 Å². The van der Waals surface area contributed by atoms with E-state index in [0.29, 0.717) is 29.6 Å². The molecule has 2 heterocycles. The number of thioether (sulfide) groups is 1. The van der Waals surface area contributed by atoms with Crippen molar-refractivity contribution in [2.45, 2.75) is 38.2 Å². The first kappa shape index (κ1) is 19.5. The number of aromatic nitrogens is 5. The van der Waals surface area contributed by atoms with Gasteiger partial charge in [0.05, 0.1) is 28.0 Å². The van der Waals surface area contributed by atoms with E-state index >= 15 is 0 Å². The molecule has 0 unspecified atom stereocenters. The Bertz CT molecular complexity index is 1160. The topological polar surface area (TPSA) is 56.5 Å². The summed E-state index contributed by atoms with van der Waals surface area (Å²) >= 11 is 1.55. The second-order valence-electron chi connectivity index (χ2n) is 7.32. The third kappa shape index (κ3) is 4.15. The van der Waals surface area contributed by atoms with Crippen LogP contribution in [0.1, 0.15) is 25.2 Å². The van der Waals surface area contributed by atoms with Gasteiger partial charge in [-0.1, -0.05) is 49.9 Å². The maximum absolute atomic E-state index is 14.3. The number of hydrogen-bond acceptors (Lipinski definition) is 5. The van der Waals surface area contributed by atoms with E-state index in [4.69, 9.17) is 4.98 Å². The Hall–Kier alpha value is -2.80. The number of aryl methyl sites for hydroxylation is 1. The van der Waals surface area contributed by atoms with Gasteiger partial charge in [0, 0.05) is 12.3 Å². The maximum atomic E-state index is 14.3. The van der Waals surface area contributed by atoms with Gasteiger partial charge < -0.3 is 4.57 Å². The Morgan fingerprint density at radius 3 is 2.38 bits per heavy atom. The van der Waals surface area contributed by atoms with Crippen molar-refractivity contribution >= 4 is 22.8 Å². The Kier molecular flexibility index (Phi) is 5.58. The van der Waals surface area contributed by atoms with Gasteiger partial charge in [0.25, 0.3) is 0 Å². The van der Waals surface area contributed by atoms with Gasteiger partial charge in [0.2, 0.25) is 0 Å². The summed E-state index contributed by atoms with van der Waals surface area (Å²) in [5.74, 6) is 1.26. The molecule has 0 bridgehead atoms. The molecule has 148 valence electrons. The van der Waals surface area contributed by atoms with E-state index in [1.165, 1.54) is 6.07 Å². The minimum Gasteiger partial charge on any atom is -0.302 e. The number of hydrogen-bond donors (Lipinski definition) is 0. The molecule has 0 aliphatic heterocycles. The highest BCUT2D eigenvalue weighted by Gasteiger charge is 2.18. The van der Waals surface area contributed by atoms with E-state index in [9.17, 15) is 4.39 Å². The first-order chi connectivity index (χ1) is 14.0. The van der Waals surface area contributed by atoms with Gasteiger partial charge in [-0.15, -0.1) is 10.2 Å². The molecule has 0 amide bonds. The van der Waals surface area contributed by atoms with Crippen LogP contribution in [0.25, 0.3) is 22.4 Å². The minimum absolute atomic E-state index is 0.294. The first-order valence-electron chi connectivity index (χ1n) is 9.56. The Labute approximate surface area is 173 Å². The van der Waals surface area contributed by atoms with Crippen LogP contribution in [0, 0.1) is 18.7 Å². The van der Waals surface area contributed by atoms with Crippen molar-refractivity contribution in [2.75, 3.05) is 0 Å². The molecule has 4 aromatic rings. The van der Waals surface area contributed by atoms with Crippen LogP contribution in [0.4, 0.5) is 4.39 Å². The molecule has 0 atom stereocenters. The Morgan fingerprint density at radius 1 is 0.966 bits per heavy atom. The molecule has 5 nitrogen and oxygen atoms in total. The smallest absolute Gasteiger partial charge is 0.191 e. The lowest BCUT2D eigenvalue weighted by atomic mass is 10.2. The van der Waals surface area contributed by atoms with Crippen LogP contribution in [0.5, 0.6) is 0 Å². The Balaban J connectivity index is 1.65. The van der Waals surface area contributed by atoms with Crippen molar-refractivity contribution in [3.8, 4) is 11.4 Å². The lowest BCUT2D eigenvalue weighted by Gasteiger charge is -2.13. The molecular formula is C22H22FN5S. The average molecular weight is 408 g/mol. The van der Waals surface area contributed by atoms with E-state index in [1.54, 1.807) is 23.9 Å². The van der Waals surface area contributed by atoms with Crippen LogP contribution in [-0.4, -0.2) is 24.7 Å². The van der Waals surface area contributed by atoms with Crippen LogP contribution in [-0.2, 0) is 12.3 Å². The van der Waals surface area contributed by atoms with Gasteiger partial charge in [-0.2, -0.15) is 0 Å². The summed E-state index contributed by atoms with van der Waals surface area (Å²) in [4.78, 5) is 9.41. The van der Waals surface area contributed by atoms with E-state index in [-0.39, 0.29) is 5.82 Å².